The van der Waals surface area contributed by atoms with Crippen molar-refractivity contribution in [3.63, 3.8) is 0 Å². The Kier molecular flexibility index (Phi) is 9.60. The largest absolute Gasteiger partial charge is 0.501 e. The highest BCUT2D eigenvalue weighted by Gasteiger charge is 2.48. The summed E-state index contributed by atoms with van der Waals surface area (Å²) in [6.07, 6.45) is 0.454. The summed E-state index contributed by atoms with van der Waals surface area (Å²) in [5, 5.41) is 8.04. The molecule has 0 spiro atoms. The van der Waals surface area contributed by atoms with Crippen LogP contribution in [0.1, 0.15) is 6.42 Å². The monoisotopic (exact) mass is 679 g/mol. The Balaban J connectivity index is 1.98. The van der Waals surface area contributed by atoms with Gasteiger partial charge in [-0.15, -0.1) is 11.8 Å². The van der Waals surface area contributed by atoms with Gasteiger partial charge in [0.25, 0.3) is 9.84 Å². The number of hydrogen-bond donors (Lipinski definition) is 2. The molecule has 0 saturated carbocycles. The molecule has 1 aliphatic heterocycles. The second-order valence-corrected chi connectivity index (χ2v) is 14.6. The molecule has 1 atom stereocenters. The molecule has 1 saturated heterocycles. The van der Waals surface area contributed by atoms with Gasteiger partial charge in [0.1, 0.15) is 4.90 Å². The number of nitrogens with two attached hydrogens (primary N) is 1. The zero-order valence-electron chi connectivity index (χ0n) is 18.9. The first-order chi connectivity index (χ1) is 16.7. The summed E-state index contributed by atoms with van der Waals surface area (Å²) in [5.74, 6) is 0.379. The third kappa shape index (κ3) is 7.70. The first-order valence-electron chi connectivity index (χ1n) is 10.6. The maximum absolute atomic E-state index is 13.5. The second-order valence-electron chi connectivity index (χ2n) is 8.05. The van der Waals surface area contributed by atoms with E-state index in [1.807, 2.05) is 30.3 Å². The molecular weight excluding hydrogens is 654 g/mol. The van der Waals surface area contributed by atoms with E-state index >= 15 is 0 Å². The number of primary sulfonamides is 1. The van der Waals surface area contributed by atoms with Crippen LogP contribution in [-0.4, -0.2) is 69.4 Å². The topological polar surface area (TPSA) is 119 Å². The van der Waals surface area contributed by atoms with Crippen LogP contribution in [0.15, 0.2) is 63.2 Å². The minimum Gasteiger partial charge on any atom is -0.379 e. The van der Waals surface area contributed by atoms with E-state index < -0.39 is 38.7 Å². The number of sulfonamides is 1. The molecule has 0 unspecified atom stereocenters. The Labute approximate surface area is 226 Å². The fourth-order valence-electron chi connectivity index (χ4n) is 3.42. The van der Waals surface area contributed by atoms with Gasteiger partial charge in [-0.25, -0.2) is 22.0 Å². The predicted molar refractivity (Wildman–Crippen MR) is 140 cm³/mol. The Hall–Kier alpha value is -1.11. The molecule has 0 radical (unpaired) electrons. The van der Waals surface area contributed by atoms with Crippen molar-refractivity contribution in [2.24, 2.45) is 5.14 Å². The summed E-state index contributed by atoms with van der Waals surface area (Å²) in [4.78, 5) is 1.16. The fraction of sp³-hybridized carbons (Fsp3) is 0.429. The maximum Gasteiger partial charge on any atom is 0.501 e. The number of rotatable bonds is 10. The molecular formula is C21H25F3IN3O5S3. The van der Waals surface area contributed by atoms with Gasteiger partial charge in [-0.2, -0.15) is 13.2 Å². The minimum absolute atomic E-state index is 0.357. The Morgan fingerprint density at radius 3 is 2.28 bits per heavy atom. The van der Waals surface area contributed by atoms with Gasteiger partial charge in [0.2, 0.25) is 10.0 Å². The van der Waals surface area contributed by atoms with Gasteiger partial charge in [0.15, 0.2) is 0 Å². The molecule has 0 amide bonds. The van der Waals surface area contributed by atoms with Crippen LogP contribution in [0.25, 0.3) is 0 Å². The van der Waals surface area contributed by atoms with Gasteiger partial charge in [0, 0.05) is 30.3 Å². The zero-order chi connectivity index (χ0) is 26.6. The lowest BCUT2D eigenvalue weighted by Crippen LogP contribution is -2.42. The number of anilines is 1. The number of sulfone groups is 1. The molecule has 0 aromatic heterocycles. The zero-order valence-corrected chi connectivity index (χ0v) is 23.5. The van der Waals surface area contributed by atoms with Crippen molar-refractivity contribution in [1.29, 1.82) is 0 Å². The van der Waals surface area contributed by atoms with E-state index in [9.17, 15) is 30.0 Å². The Morgan fingerprint density at radius 2 is 1.69 bits per heavy atom. The van der Waals surface area contributed by atoms with Crippen molar-refractivity contribution >= 4 is 59.9 Å². The Morgan fingerprint density at radius 1 is 1.06 bits per heavy atom. The molecule has 1 heterocycles. The van der Waals surface area contributed by atoms with Gasteiger partial charge < -0.3 is 10.1 Å². The number of nitrogens with one attached hydrogen (secondary N) is 1. The van der Waals surface area contributed by atoms with E-state index in [2.05, 4.69) is 32.8 Å². The standard InChI is InChI=1S/C21H25F3IN3O5S3/c22-21(23,24)35(29,30)19-14-17(36(26,31)32)6-7-18(19)27-20(25,8-9-28-10-12-33-13-11-28)15-34-16-4-2-1-3-5-16/h1-7,14,27H,8-13,15H2,(H2,26,31,32)/t20-/m0/s1. The predicted octanol–water partition coefficient (Wildman–Crippen LogP) is 3.69. The second kappa shape index (κ2) is 11.7. The lowest BCUT2D eigenvalue weighted by Gasteiger charge is -2.34. The van der Waals surface area contributed by atoms with Crippen LogP contribution in [0.4, 0.5) is 18.9 Å². The van der Waals surface area contributed by atoms with Gasteiger partial charge in [0.05, 0.1) is 27.3 Å². The van der Waals surface area contributed by atoms with E-state index in [0.717, 1.165) is 17.0 Å². The highest BCUT2D eigenvalue weighted by atomic mass is 127. The third-order valence-corrected chi connectivity index (χ3v) is 10.8. The van der Waals surface area contributed by atoms with Gasteiger partial charge >= 0.3 is 5.51 Å². The average Bonchev–Trinajstić information content (AvgIpc) is 2.82. The maximum atomic E-state index is 13.5. The number of morpholine rings is 1. The molecule has 36 heavy (non-hydrogen) atoms. The molecule has 1 fully saturated rings. The summed E-state index contributed by atoms with van der Waals surface area (Å²) in [5.41, 5.74) is -5.99. The highest BCUT2D eigenvalue weighted by Crippen LogP contribution is 2.39. The van der Waals surface area contributed by atoms with Crippen molar-refractivity contribution < 1.29 is 34.7 Å². The molecule has 8 nitrogen and oxygen atoms in total. The van der Waals surface area contributed by atoms with Crippen LogP contribution < -0.4 is 10.5 Å². The molecule has 3 N–H and O–H groups in total. The molecule has 200 valence electrons. The smallest absolute Gasteiger partial charge is 0.379 e. The molecule has 0 bridgehead atoms. The van der Waals surface area contributed by atoms with E-state index in [1.165, 1.54) is 11.8 Å². The number of benzene rings is 2. The molecule has 0 aliphatic carbocycles. The summed E-state index contributed by atoms with van der Waals surface area (Å²) in [6, 6.07) is 11.8. The first-order valence-corrected chi connectivity index (χ1v) is 15.7. The average molecular weight is 680 g/mol. The van der Waals surface area contributed by atoms with Crippen LogP contribution in [0.3, 0.4) is 0 Å². The van der Waals surface area contributed by atoms with Gasteiger partial charge in [-0.3, -0.25) is 4.90 Å². The number of nitrogens with zero attached hydrogens (tertiary/aromatic N) is 1. The Bertz CT molecular complexity index is 1260. The molecule has 2 aromatic rings. The minimum atomic E-state index is -5.88. The summed E-state index contributed by atoms with van der Waals surface area (Å²) < 4.78 is 93.3. The lowest BCUT2D eigenvalue weighted by molar-refractivity contribution is -0.0435. The van der Waals surface area contributed by atoms with E-state index in [-0.39, 0.29) is 5.69 Å². The SMILES string of the molecule is NS(=O)(=O)c1ccc(N[C@@](I)(CCN2CCOCC2)CSc2ccccc2)c(S(=O)(=O)C(F)(F)F)c1. The van der Waals surface area contributed by atoms with Gasteiger partial charge in [-0.05, 0) is 36.8 Å². The summed E-state index contributed by atoms with van der Waals surface area (Å²) >= 11 is 3.54. The van der Waals surface area contributed by atoms with Crippen molar-refractivity contribution in [1.82, 2.24) is 4.90 Å². The van der Waals surface area contributed by atoms with Crippen molar-refractivity contribution in [2.45, 2.75) is 30.2 Å². The van der Waals surface area contributed by atoms with Gasteiger partial charge in [-0.1, -0.05) is 40.8 Å². The van der Waals surface area contributed by atoms with Crippen molar-refractivity contribution in [3.8, 4) is 0 Å². The lowest BCUT2D eigenvalue weighted by atomic mass is 10.2. The number of hydrogen-bond acceptors (Lipinski definition) is 8. The molecule has 3 rings (SSSR count). The number of alkyl halides is 4. The van der Waals surface area contributed by atoms with Crippen molar-refractivity contribution in [2.75, 3.05) is 43.9 Å². The number of ether oxygens (including phenoxy) is 1. The summed E-state index contributed by atoms with van der Waals surface area (Å²) in [7, 11) is -10.3. The normalized spacial score (nSPS) is 17.5. The molecule has 1 aliphatic rings. The molecule has 2 aromatic carbocycles. The third-order valence-electron chi connectivity index (χ3n) is 5.37. The number of thioether (sulfide) groups is 1. The number of halogens is 4. The van der Waals surface area contributed by atoms with Crippen LogP contribution in [0.2, 0.25) is 0 Å². The quantitative estimate of drug-likeness (QED) is 0.169. The van der Waals surface area contributed by atoms with Crippen LogP contribution >= 0.6 is 34.4 Å². The van der Waals surface area contributed by atoms with Crippen LogP contribution in [-0.2, 0) is 24.6 Å². The fourth-order valence-corrected chi connectivity index (χ4v) is 6.93. The van der Waals surface area contributed by atoms with E-state index in [0.29, 0.717) is 51.1 Å². The molecule has 15 heteroatoms. The van der Waals surface area contributed by atoms with E-state index in [4.69, 9.17) is 9.88 Å². The van der Waals surface area contributed by atoms with Crippen molar-refractivity contribution in [3.05, 3.63) is 48.5 Å². The summed E-state index contributed by atoms with van der Waals surface area (Å²) in [6.45, 7) is 3.14. The first kappa shape index (κ1) is 29.4. The van der Waals surface area contributed by atoms with E-state index in [1.54, 1.807) is 0 Å². The van der Waals surface area contributed by atoms with Crippen LogP contribution in [0, 0.1) is 0 Å². The highest BCUT2D eigenvalue weighted by molar-refractivity contribution is 14.1. The van der Waals surface area contributed by atoms with Crippen LogP contribution in [0.5, 0.6) is 0 Å².